The van der Waals surface area contributed by atoms with Crippen molar-refractivity contribution < 1.29 is 56.1 Å². The van der Waals surface area contributed by atoms with Gasteiger partial charge in [0, 0.05) is 13.1 Å². The van der Waals surface area contributed by atoms with Crippen molar-refractivity contribution in [2.45, 2.75) is 68.9 Å². The topological polar surface area (TPSA) is 80.8 Å². The lowest BCUT2D eigenvalue weighted by atomic mass is 9.94. The Balaban J connectivity index is 3.39. The molecule has 0 aliphatic carbocycles. The maximum Gasteiger partial charge on any atom is 0.438 e. The molecule has 6 nitrogen and oxygen atoms in total. The fraction of sp³-hybridized carbons (Fsp3) is 0.700. The van der Waals surface area contributed by atoms with Gasteiger partial charge in [-0.15, -0.1) is 0 Å². The molecule has 0 radical (unpaired) electrons. The van der Waals surface area contributed by atoms with Crippen LogP contribution in [0.5, 0.6) is 0 Å². The van der Waals surface area contributed by atoms with Crippen LogP contribution in [-0.4, -0.2) is 55.6 Å². The number of halogens is 9. The molecule has 216 valence electrons. The Morgan fingerprint density at radius 3 is 1.65 bits per heavy atom. The van der Waals surface area contributed by atoms with Gasteiger partial charge in [-0.3, -0.25) is 4.18 Å². The number of hydrogen-bond donors (Lipinski definition) is 0. The first-order chi connectivity index (χ1) is 16.7. The van der Waals surface area contributed by atoms with Crippen molar-refractivity contribution in [3.05, 3.63) is 35.4 Å². The van der Waals surface area contributed by atoms with Gasteiger partial charge in [0.2, 0.25) is 0 Å². The number of sulfonamides is 1. The number of rotatable bonds is 15. The van der Waals surface area contributed by atoms with Crippen molar-refractivity contribution in [2.75, 3.05) is 12.1 Å². The Hall–Kier alpha value is -1.04. The fourth-order valence-corrected chi connectivity index (χ4v) is 6.12. The summed E-state index contributed by atoms with van der Waals surface area (Å²) < 4.78 is 164. The van der Waals surface area contributed by atoms with Gasteiger partial charge in [-0.2, -0.15) is 47.8 Å². The van der Waals surface area contributed by atoms with Gasteiger partial charge in [-0.05, 0) is 23.5 Å². The summed E-state index contributed by atoms with van der Waals surface area (Å²) in [6, 6.07) is 5.73. The second-order valence-corrected chi connectivity index (χ2v) is 12.1. The Labute approximate surface area is 218 Å². The lowest BCUT2D eigenvalue weighted by Crippen LogP contribution is -2.67. The number of alkyl halides is 9. The lowest BCUT2D eigenvalue weighted by molar-refractivity contribution is -0.327. The van der Waals surface area contributed by atoms with Gasteiger partial charge in [0.15, 0.2) is 0 Å². The summed E-state index contributed by atoms with van der Waals surface area (Å²) in [5.41, 5.74) is -0.571. The van der Waals surface area contributed by atoms with Crippen molar-refractivity contribution in [1.82, 2.24) is 4.31 Å². The second kappa shape index (κ2) is 12.0. The normalized spacial score (nSPS) is 14.5. The molecule has 1 aromatic rings. The summed E-state index contributed by atoms with van der Waals surface area (Å²) in [7, 11) is -13.7. The Morgan fingerprint density at radius 2 is 1.24 bits per heavy atom. The van der Waals surface area contributed by atoms with Crippen LogP contribution in [0, 0.1) is 5.92 Å². The number of hydrogen-bond acceptors (Lipinski definition) is 5. The highest BCUT2D eigenvalue weighted by molar-refractivity contribution is 9.09. The van der Waals surface area contributed by atoms with Crippen molar-refractivity contribution in [3.63, 3.8) is 0 Å². The van der Waals surface area contributed by atoms with Gasteiger partial charge in [-0.25, -0.2) is 8.42 Å². The highest BCUT2D eigenvalue weighted by Crippen LogP contribution is 2.56. The van der Waals surface area contributed by atoms with Crippen LogP contribution in [0.15, 0.2) is 24.3 Å². The van der Waals surface area contributed by atoms with Crippen LogP contribution in [0.4, 0.5) is 35.1 Å². The molecule has 0 bridgehead atoms. The molecule has 0 amide bonds. The van der Waals surface area contributed by atoms with Crippen LogP contribution < -0.4 is 0 Å². The SMILES string of the molecule is CCC(CC)Cc1ccc(CN(CC)S(=O)(=O)C(F)(F)C(F)(F)C(F)(F)C(F)(F)S(=O)(=O)OCBr)cc1. The predicted octanol–water partition coefficient (Wildman–Crippen LogP) is 5.97. The minimum Gasteiger partial charge on any atom is -0.254 e. The second-order valence-electron chi connectivity index (χ2n) is 8.00. The molecular weight excluding hydrogens is 630 g/mol. The maximum atomic E-state index is 14.6. The third-order valence-electron chi connectivity index (χ3n) is 5.72. The molecule has 37 heavy (non-hydrogen) atoms. The summed E-state index contributed by atoms with van der Waals surface area (Å²) in [5.74, 6) is -14.5. The molecule has 0 unspecified atom stereocenters. The summed E-state index contributed by atoms with van der Waals surface area (Å²) >= 11 is 2.13. The maximum absolute atomic E-state index is 14.6. The first-order valence-electron chi connectivity index (χ1n) is 10.7. The smallest absolute Gasteiger partial charge is 0.254 e. The van der Waals surface area contributed by atoms with Crippen molar-refractivity contribution in [3.8, 4) is 0 Å². The molecule has 0 atom stereocenters. The van der Waals surface area contributed by atoms with Crippen LogP contribution in [0.1, 0.15) is 44.7 Å². The van der Waals surface area contributed by atoms with E-state index in [1.165, 1.54) is 12.1 Å². The van der Waals surface area contributed by atoms with Gasteiger partial charge < -0.3 is 0 Å². The predicted molar refractivity (Wildman–Crippen MR) is 123 cm³/mol. The Morgan fingerprint density at radius 1 is 0.811 bits per heavy atom. The van der Waals surface area contributed by atoms with Gasteiger partial charge in [0.25, 0.3) is 10.0 Å². The number of nitrogens with zero attached hydrogens (tertiary/aromatic N) is 1. The Kier molecular flexibility index (Phi) is 11.0. The lowest BCUT2D eigenvalue weighted by Gasteiger charge is -2.37. The van der Waals surface area contributed by atoms with Crippen LogP contribution in [0.2, 0.25) is 0 Å². The molecule has 0 spiro atoms. The van der Waals surface area contributed by atoms with E-state index >= 15 is 0 Å². The highest BCUT2D eigenvalue weighted by atomic mass is 79.9. The molecule has 0 N–H and O–H groups in total. The van der Waals surface area contributed by atoms with E-state index in [0.29, 0.717) is 12.3 Å². The third-order valence-corrected chi connectivity index (χ3v) is 9.53. The summed E-state index contributed by atoms with van der Waals surface area (Å²) in [6.45, 7) is 2.96. The van der Waals surface area contributed by atoms with Gasteiger partial charge in [0.1, 0.15) is 5.52 Å². The van der Waals surface area contributed by atoms with Crippen LogP contribution in [0.25, 0.3) is 0 Å². The first-order valence-corrected chi connectivity index (χ1v) is 14.7. The van der Waals surface area contributed by atoms with E-state index in [0.717, 1.165) is 25.3 Å². The van der Waals surface area contributed by atoms with E-state index in [2.05, 4.69) is 20.1 Å². The molecule has 0 aliphatic rings. The standard InChI is InChI=1S/C20H26BrF8NO5S2/c1-4-14(5-2)11-15-7-9-16(10-8-15)12-30(6-3)36(31,32)19(26,27)17(22,23)18(24,25)20(28,29)37(33,34)35-13-21/h7-10,14H,4-6,11-13H2,1-3H3. The highest BCUT2D eigenvalue weighted by Gasteiger charge is 2.88. The summed E-state index contributed by atoms with van der Waals surface area (Å²) in [4.78, 5) is 0. The van der Waals surface area contributed by atoms with Gasteiger partial charge in [0.05, 0.1) is 0 Å². The number of benzene rings is 1. The molecular formula is C20H26BrF8NO5S2. The molecule has 0 saturated carbocycles. The van der Waals surface area contributed by atoms with E-state index in [4.69, 9.17) is 0 Å². The van der Waals surface area contributed by atoms with Crippen molar-refractivity contribution in [1.29, 1.82) is 0 Å². The minimum atomic E-state index is -7.41. The van der Waals surface area contributed by atoms with E-state index in [9.17, 15) is 52.0 Å². The molecule has 1 aromatic carbocycles. The van der Waals surface area contributed by atoms with Crippen molar-refractivity contribution >= 4 is 36.1 Å². The van der Waals surface area contributed by atoms with Gasteiger partial charge in [-0.1, -0.05) is 73.8 Å². The zero-order valence-electron chi connectivity index (χ0n) is 19.8. The molecule has 1 rings (SSSR count). The fourth-order valence-electron chi connectivity index (χ4n) is 3.24. The average molecular weight is 656 g/mol. The molecule has 0 saturated heterocycles. The van der Waals surface area contributed by atoms with E-state index in [1.807, 2.05) is 13.8 Å². The van der Waals surface area contributed by atoms with E-state index in [1.54, 1.807) is 12.1 Å². The third kappa shape index (κ3) is 6.25. The van der Waals surface area contributed by atoms with Crippen LogP contribution in [0.3, 0.4) is 0 Å². The van der Waals surface area contributed by atoms with E-state index < -0.39 is 61.1 Å². The van der Waals surface area contributed by atoms with Crippen LogP contribution >= 0.6 is 15.9 Å². The molecule has 0 aliphatic heterocycles. The molecule has 0 aromatic heterocycles. The molecule has 0 heterocycles. The minimum absolute atomic E-state index is 0.0169. The molecule has 17 heteroatoms. The van der Waals surface area contributed by atoms with Crippen molar-refractivity contribution in [2.24, 2.45) is 5.92 Å². The zero-order valence-corrected chi connectivity index (χ0v) is 23.1. The molecule has 0 fully saturated rings. The summed E-state index contributed by atoms with van der Waals surface area (Å²) in [6.07, 6.45) is 2.39. The van der Waals surface area contributed by atoms with E-state index in [-0.39, 0.29) is 9.87 Å². The average Bonchev–Trinajstić information content (AvgIpc) is 2.80. The zero-order chi connectivity index (χ0) is 29.1. The Bertz CT molecular complexity index is 1110. The first kappa shape index (κ1) is 34.0. The van der Waals surface area contributed by atoms with Crippen LogP contribution in [-0.2, 0) is 37.3 Å². The quantitative estimate of drug-likeness (QED) is 0.132. The monoisotopic (exact) mass is 655 g/mol. The van der Waals surface area contributed by atoms with Gasteiger partial charge >= 0.3 is 32.5 Å². The summed E-state index contributed by atoms with van der Waals surface area (Å²) in [5, 5.41) is -13.8. The largest absolute Gasteiger partial charge is 0.438 e.